The van der Waals surface area contributed by atoms with Gasteiger partial charge in [0.2, 0.25) is 5.91 Å². The Morgan fingerprint density at radius 2 is 2.04 bits per heavy atom. The number of aromatic nitrogens is 1. The minimum Gasteiger partial charge on any atom is -0.348 e. The highest BCUT2D eigenvalue weighted by Crippen LogP contribution is 2.20. The molecular weight excluding hydrogens is 298 g/mol. The molecule has 2 atom stereocenters. The molecule has 0 spiro atoms. The Morgan fingerprint density at radius 3 is 2.79 bits per heavy atom. The van der Waals surface area contributed by atoms with E-state index < -0.39 is 0 Å². The highest BCUT2D eigenvalue weighted by atomic mass is 16.2. The number of carbonyl (C=O) groups is 1. The van der Waals surface area contributed by atoms with Crippen LogP contribution in [0.15, 0.2) is 54.7 Å². The van der Waals surface area contributed by atoms with Crippen molar-refractivity contribution in [3.63, 3.8) is 0 Å². The lowest BCUT2D eigenvalue weighted by atomic mass is 9.96. The van der Waals surface area contributed by atoms with Crippen LogP contribution in [0.2, 0.25) is 0 Å². The van der Waals surface area contributed by atoms with Crippen LogP contribution >= 0.6 is 0 Å². The van der Waals surface area contributed by atoms with Crippen molar-refractivity contribution in [3.8, 4) is 0 Å². The maximum Gasteiger partial charge on any atom is 0.224 e. The van der Waals surface area contributed by atoms with Crippen LogP contribution in [0.25, 0.3) is 0 Å². The van der Waals surface area contributed by atoms with Crippen LogP contribution in [0.3, 0.4) is 0 Å². The van der Waals surface area contributed by atoms with Gasteiger partial charge in [-0.1, -0.05) is 36.4 Å². The summed E-state index contributed by atoms with van der Waals surface area (Å²) in [7, 11) is 0. The van der Waals surface area contributed by atoms with Gasteiger partial charge in [-0.2, -0.15) is 0 Å². The molecule has 1 aliphatic rings. The molecule has 1 saturated heterocycles. The number of carbonyl (C=O) groups excluding carboxylic acids is 1. The van der Waals surface area contributed by atoms with Crippen LogP contribution in [-0.2, 0) is 11.3 Å². The van der Waals surface area contributed by atoms with Gasteiger partial charge < -0.3 is 5.32 Å². The smallest absolute Gasteiger partial charge is 0.224 e. The van der Waals surface area contributed by atoms with Crippen LogP contribution in [0, 0.1) is 5.92 Å². The molecule has 0 saturated carbocycles. The summed E-state index contributed by atoms with van der Waals surface area (Å²) in [5.41, 5.74) is 2.21. The first-order valence-electron chi connectivity index (χ1n) is 8.70. The Kier molecular flexibility index (Phi) is 5.59. The predicted molar refractivity (Wildman–Crippen MR) is 95.2 cm³/mol. The SMILES string of the molecule is C[C@@H](NC(=O)[C@@H]1CCCN(Cc2ccccc2)C1)c1ccccn1. The maximum atomic E-state index is 12.6. The van der Waals surface area contributed by atoms with Crippen LogP contribution in [0.4, 0.5) is 0 Å². The van der Waals surface area contributed by atoms with Gasteiger partial charge in [-0.25, -0.2) is 0 Å². The van der Waals surface area contributed by atoms with Crippen molar-refractivity contribution in [3.05, 3.63) is 66.0 Å². The van der Waals surface area contributed by atoms with E-state index in [1.165, 1.54) is 5.56 Å². The largest absolute Gasteiger partial charge is 0.348 e. The summed E-state index contributed by atoms with van der Waals surface area (Å²) in [6.07, 6.45) is 3.80. The molecule has 4 nitrogen and oxygen atoms in total. The van der Waals surface area contributed by atoms with Crippen molar-refractivity contribution < 1.29 is 4.79 Å². The summed E-state index contributed by atoms with van der Waals surface area (Å²) in [5, 5.41) is 3.12. The number of nitrogens with one attached hydrogen (secondary N) is 1. The van der Waals surface area contributed by atoms with E-state index >= 15 is 0 Å². The van der Waals surface area contributed by atoms with E-state index in [9.17, 15) is 4.79 Å². The number of rotatable bonds is 5. The third-order valence-corrected chi connectivity index (χ3v) is 4.62. The molecule has 1 aliphatic heterocycles. The minimum atomic E-state index is -0.0526. The summed E-state index contributed by atoms with van der Waals surface area (Å²) in [5.74, 6) is 0.208. The number of pyridine rings is 1. The zero-order valence-electron chi connectivity index (χ0n) is 14.2. The molecule has 4 heteroatoms. The normalized spacial score (nSPS) is 19.6. The molecule has 1 aromatic heterocycles. The van der Waals surface area contributed by atoms with Gasteiger partial charge in [0, 0.05) is 19.3 Å². The Balaban J connectivity index is 1.55. The monoisotopic (exact) mass is 323 g/mol. The standard InChI is InChI=1S/C20H25N3O/c1-16(19-11-5-6-12-21-19)22-20(24)18-10-7-13-23(15-18)14-17-8-3-2-4-9-17/h2-6,8-9,11-12,16,18H,7,10,13-15H2,1H3,(H,22,24)/t16-,18-/m1/s1. The van der Waals surface area contributed by atoms with Crippen LogP contribution in [0.5, 0.6) is 0 Å². The first-order valence-corrected chi connectivity index (χ1v) is 8.70. The molecule has 0 bridgehead atoms. The van der Waals surface area contributed by atoms with Gasteiger partial charge in [0.05, 0.1) is 17.7 Å². The lowest BCUT2D eigenvalue weighted by molar-refractivity contribution is -0.127. The molecule has 0 radical (unpaired) electrons. The fourth-order valence-electron chi connectivity index (χ4n) is 3.29. The van der Waals surface area contributed by atoms with Gasteiger partial charge in [0.25, 0.3) is 0 Å². The fourth-order valence-corrected chi connectivity index (χ4v) is 3.29. The van der Waals surface area contributed by atoms with Crippen LogP contribution < -0.4 is 5.32 Å². The van der Waals surface area contributed by atoms with Crippen LogP contribution in [-0.4, -0.2) is 28.9 Å². The Labute approximate surface area is 143 Å². The van der Waals surface area contributed by atoms with Gasteiger partial charge in [-0.15, -0.1) is 0 Å². The van der Waals surface area contributed by atoms with Crippen molar-refractivity contribution in [2.75, 3.05) is 13.1 Å². The molecule has 1 aromatic carbocycles. The van der Waals surface area contributed by atoms with Crippen molar-refractivity contribution >= 4 is 5.91 Å². The Hall–Kier alpha value is -2.20. The van der Waals surface area contributed by atoms with E-state index in [1.54, 1.807) is 6.20 Å². The average Bonchev–Trinajstić information content (AvgIpc) is 2.63. The van der Waals surface area contributed by atoms with Gasteiger partial charge in [-0.05, 0) is 44.0 Å². The lowest BCUT2D eigenvalue weighted by Gasteiger charge is -2.32. The van der Waals surface area contributed by atoms with Crippen LogP contribution in [0.1, 0.15) is 37.1 Å². The first kappa shape index (κ1) is 16.7. The van der Waals surface area contributed by atoms with E-state index in [1.807, 2.05) is 31.2 Å². The molecule has 3 rings (SSSR count). The molecule has 0 aliphatic carbocycles. The first-order chi connectivity index (χ1) is 11.7. The summed E-state index contributed by atoms with van der Waals surface area (Å²) >= 11 is 0. The molecule has 24 heavy (non-hydrogen) atoms. The zero-order valence-corrected chi connectivity index (χ0v) is 14.2. The number of amides is 1. The molecule has 0 unspecified atom stereocenters. The molecule has 2 aromatic rings. The van der Waals surface area contributed by atoms with Crippen molar-refractivity contribution in [1.29, 1.82) is 0 Å². The predicted octanol–water partition coefficient (Wildman–Crippen LogP) is 3.17. The topological polar surface area (TPSA) is 45.2 Å². The van der Waals surface area contributed by atoms with Gasteiger partial charge in [0.15, 0.2) is 0 Å². The lowest BCUT2D eigenvalue weighted by Crippen LogP contribution is -2.43. The van der Waals surface area contributed by atoms with Gasteiger partial charge in [0.1, 0.15) is 0 Å². The Morgan fingerprint density at radius 1 is 1.25 bits per heavy atom. The summed E-state index contributed by atoms with van der Waals surface area (Å²) in [6.45, 7) is 4.80. The highest BCUT2D eigenvalue weighted by Gasteiger charge is 2.26. The third kappa shape index (κ3) is 4.42. The second kappa shape index (κ2) is 8.06. The van der Waals surface area contributed by atoms with E-state index in [0.29, 0.717) is 0 Å². The van der Waals surface area contributed by atoms with E-state index in [-0.39, 0.29) is 17.9 Å². The number of hydrogen-bond donors (Lipinski definition) is 1. The third-order valence-electron chi connectivity index (χ3n) is 4.62. The number of likely N-dealkylation sites (tertiary alicyclic amines) is 1. The zero-order chi connectivity index (χ0) is 16.8. The molecule has 2 heterocycles. The molecule has 126 valence electrons. The number of piperidine rings is 1. The summed E-state index contributed by atoms with van der Waals surface area (Å²) in [4.78, 5) is 19.3. The molecule has 1 amide bonds. The Bertz CT molecular complexity index is 644. The van der Waals surface area contributed by atoms with Crippen molar-refractivity contribution in [2.45, 2.75) is 32.4 Å². The average molecular weight is 323 g/mol. The number of nitrogens with zero attached hydrogens (tertiary/aromatic N) is 2. The number of hydrogen-bond acceptors (Lipinski definition) is 3. The molecule has 1 fully saturated rings. The summed E-state index contributed by atoms with van der Waals surface area (Å²) in [6, 6.07) is 16.2. The molecule has 1 N–H and O–H groups in total. The number of benzene rings is 1. The fraction of sp³-hybridized carbons (Fsp3) is 0.400. The second-order valence-electron chi connectivity index (χ2n) is 6.54. The van der Waals surface area contributed by atoms with E-state index in [4.69, 9.17) is 0 Å². The summed E-state index contributed by atoms with van der Waals surface area (Å²) < 4.78 is 0. The van der Waals surface area contributed by atoms with Gasteiger partial charge in [-0.3, -0.25) is 14.7 Å². The van der Waals surface area contributed by atoms with Crippen molar-refractivity contribution in [1.82, 2.24) is 15.2 Å². The second-order valence-corrected chi connectivity index (χ2v) is 6.54. The van der Waals surface area contributed by atoms with Gasteiger partial charge >= 0.3 is 0 Å². The minimum absolute atomic E-state index is 0.0526. The maximum absolute atomic E-state index is 12.6. The quantitative estimate of drug-likeness (QED) is 0.919. The van der Waals surface area contributed by atoms with E-state index in [2.05, 4.69) is 39.5 Å². The highest BCUT2D eigenvalue weighted by molar-refractivity contribution is 5.79. The van der Waals surface area contributed by atoms with E-state index in [0.717, 1.165) is 38.2 Å². The molecular formula is C20H25N3O. The van der Waals surface area contributed by atoms with Crippen molar-refractivity contribution in [2.24, 2.45) is 5.92 Å².